The fourth-order valence-corrected chi connectivity index (χ4v) is 6.01. The lowest BCUT2D eigenvalue weighted by Crippen LogP contribution is -2.52. The molecule has 1 fully saturated rings. The van der Waals surface area contributed by atoms with Gasteiger partial charge < -0.3 is 19.3 Å². The van der Waals surface area contributed by atoms with Crippen molar-refractivity contribution in [3.05, 3.63) is 12.7 Å². The molecule has 3 atom stereocenters. The zero-order valence-corrected chi connectivity index (χ0v) is 24.5. The predicted molar refractivity (Wildman–Crippen MR) is 140 cm³/mol. The van der Waals surface area contributed by atoms with E-state index in [1.165, 1.54) is 6.33 Å². The maximum Gasteiger partial charge on any atom is 0.413 e. The minimum absolute atomic E-state index is 0.251. The highest BCUT2D eigenvalue weighted by molar-refractivity contribution is 6.58. The largest absolute Gasteiger partial charge is 0.444 e. The summed E-state index contributed by atoms with van der Waals surface area (Å²) in [6.07, 6.45) is 2.21. The van der Waals surface area contributed by atoms with Crippen LogP contribution in [-0.4, -0.2) is 69.0 Å². The molecule has 1 aliphatic heterocycles. The van der Waals surface area contributed by atoms with Crippen LogP contribution in [0, 0.1) is 5.41 Å². The van der Waals surface area contributed by atoms with Gasteiger partial charge in [-0.2, -0.15) is 0 Å². The molecule has 0 bridgehead atoms. The van der Waals surface area contributed by atoms with Gasteiger partial charge in [0.2, 0.25) is 0 Å². The van der Waals surface area contributed by atoms with Crippen molar-refractivity contribution in [3.8, 4) is 0 Å². The molecule has 36 heavy (non-hydrogen) atoms. The van der Waals surface area contributed by atoms with E-state index in [2.05, 4.69) is 33.4 Å². The fraction of sp³-hybridized carbons (Fsp3) is 0.760. The third kappa shape index (κ3) is 5.58. The summed E-state index contributed by atoms with van der Waals surface area (Å²) < 4.78 is 20.2. The van der Waals surface area contributed by atoms with Gasteiger partial charge in [0.05, 0.1) is 18.5 Å². The van der Waals surface area contributed by atoms with Crippen LogP contribution in [0.1, 0.15) is 68.7 Å². The van der Waals surface area contributed by atoms with E-state index >= 15 is 0 Å². The van der Waals surface area contributed by atoms with Crippen LogP contribution in [0.5, 0.6) is 0 Å². The molecule has 0 unspecified atom stereocenters. The standard InChI is InChI=1S/C25H42N5O5Si/c1-21(2,3)24(32)13-25(36(10)11,34-16(24)12-33-22(4,5)6)30-15-28-17-18(26-14-27-19(17)30)29-20(31)35-23(7,8)9/h14-16,32H,12-13H2,1-11H3,(H,26,27,29,31)/t16-,24+,25+/m1/s1. The number of hydrogen-bond donors (Lipinski definition) is 2. The molecule has 0 spiro atoms. The zero-order valence-electron chi connectivity index (χ0n) is 23.5. The van der Waals surface area contributed by atoms with E-state index in [9.17, 15) is 9.90 Å². The van der Waals surface area contributed by atoms with Crippen LogP contribution in [0.2, 0.25) is 13.1 Å². The van der Waals surface area contributed by atoms with Gasteiger partial charge in [-0.15, -0.1) is 0 Å². The molecule has 2 N–H and O–H groups in total. The van der Waals surface area contributed by atoms with Crippen molar-refractivity contribution in [1.29, 1.82) is 0 Å². The number of amides is 1. The molecule has 11 heteroatoms. The highest BCUT2D eigenvalue weighted by Gasteiger charge is 2.62. The Bertz CT molecular complexity index is 1100. The van der Waals surface area contributed by atoms with Gasteiger partial charge in [0, 0.05) is 6.42 Å². The number of imidazole rings is 1. The summed E-state index contributed by atoms with van der Waals surface area (Å²) in [6, 6.07) is 0. The average molecular weight is 521 g/mol. The van der Waals surface area contributed by atoms with Crippen LogP contribution < -0.4 is 5.32 Å². The Hall–Kier alpha value is -2.08. The maximum absolute atomic E-state index is 12.4. The van der Waals surface area contributed by atoms with Crippen molar-refractivity contribution < 1.29 is 24.1 Å². The monoisotopic (exact) mass is 520 g/mol. The summed E-state index contributed by atoms with van der Waals surface area (Å²) in [4.78, 5) is 25.7. The van der Waals surface area contributed by atoms with Crippen molar-refractivity contribution in [2.24, 2.45) is 5.41 Å². The summed E-state index contributed by atoms with van der Waals surface area (Å²) in [6.45, 7) is 21.9. The first-order valence-electron chi connectivity index (χ1n) is 12.3. The number of aliphatic hydroxyl groups is 1. The summed E-state index contributed by atoms with van der Waals surface area (Å²) in [5.41, 5.74) is -1.75. The summed E-state index contributed by atoms with van der Waals surface area (Å²) >= 11 is 0. The van der Waals surface area contributed by atoms with Gasteiger partial charge in [-0.05, 0) is 47.0 Å². The summed E-state index contributed by atoms with van der Waals surface area (Å²) in [5, 5.41) is 13.9. The Balaban J connectivity index is 2.07. The van der Waals surface area contributed by atoms with Crippen molar-refractivity contribution >= 4 is 31.9 Å². The van der Waals surface area contributed by atoms with E-state index in [1.54, 1.807) is 27.1 Å². The summed E-state index contributed by atoms with van der Waals surface area (Å²) in [5.74, 6) is 0.251. The number of carbonyl (C=O) groups excluding carboxylic acids is 1. The molecular formula is C25H42N5O5Si. The van der Waals surface area contributed by atoms with Gasteiger partial charge in [0.15, 0.2) is 17.0 Å². The van der Waals surface area contributed by atoms with Gasteiger partial charge in [0.1, 0.15) is 37.8 Å². The Morgan fingerprint density at radius 1 is 1.14 bits per heavy atom. The molecule has 0 aromatic carbocycles. The highest BCUT2D eigenvalue weighted by Crippen LogP contribution is 2.52. The number of nitrogens with one attached hydrogen (secondary N) is 1. The van der Waals surface area contributed by atoms with E-state index in [1.807, 2.05) is 46.1 Å². The maximum atomic E-state index is 12.4. The average Bonchev–Trinajstić information content (AvgIpc) is 3.25. The smallest absolute Gasteiger partial charge is 0.413 e. The van der Waals surface area contributed by atoms with Crippen molar-refractivity contribution in [2.75, 3.05) is 11.9 Å². The number of rotatable bonds is 5. The zero-order chi connectivity index (χ0) is 27.3. The molecule has 2 aromatic heterocycles. The second-order valence-corrected chi connectivity index (χ2v) is 15.6. The van der Waals surface area contributed by atoms with Gasteiger partial charge in [-0.1, -0.05) is 33.9 Å². The first-order chi connectivity index (χ1) is 16.3. The fourth-order valence-electron chi connectivity index (χ4n) is 4.37. The van der Waals surface area contributed by atoms with Crippen LogP contribution in [0.3, 0.4) is 0 Å². The lowest BCUT2D eigenvalue weighted by Gasteiger charge is -2.41. The SMILES string of the molecule is C[Si](C)[C@]1(n2cnc3c(NC(=O)OC(C)(C)C)ncnc32)C[C@@](O)(C(C)(C)C)[C@@H](COC(C)(C)C)O1. The van der Waals surface area contributed by atoms with Crippen molar-refractivity contribution in [1.82, 2.24) is 19.5 Å². The van der Waals surface area contributed by atoms with Crippen molar-refractivity contribution in [3.63, 3.8) is 0 Å². The molecular weight excluding hydrogens is 478 g/mol. The Labute approximate surface area is 215 Å². The van der Waals surface area contributed by atoms with Gasteiger partial charge >= 0.3 is 6.09 Å². The van der Waals surface area contributed by atoms with Gasteiger partial charge in [0.25, 0.3) is 0 Å². The van der Waals surface area contributed by atoms with E-state index in [0.717, 1.165) is 0 Å². The van der Waals surface area contributed by atoms with Crippen LogP contribution in [0.4, 0.5) is 10.6 Å². The van der Waals surface area contributed by atoms with E-state index < -0.39 is 43.0 Å². The third-order valence-electron chi connectivity index (χ3n) is 6.47. The third-order valence-corrected chi connectivity index (χ3v) is 8.57. The number of anilines is 1. The number of carbonyl (C=O) groups is 1. The first-order valence-corrected chi connectivity index (χ1v) is 14.8. The molecule has 0 saturated carbocycles. The normalized spacial score (nSPS) is 25.5. The minimum Gasteiger partial charge on any atom is -0.444 e. The van der Waals surface area contributed by atoms with E-state index in [4.69, 9.17) is 14.2 Å². The molecule has 3 heterocycles. The number of fused-ring (bicyclic) bond motifs is 1. The first kappa shape index (κ1) is 28.5. The van der Waals surface area contributed by atoms with Gasteiger partial charge in [-0.3, -0.25) is 9.88 Å². The van der Waals surface area contributed by atoms with Crippen molar-refractivity contribution in [2.45, 2.75) is 110 Å². The Morgan fingerprint density at radius 3 is 2.31 bits per heavy atom. The highest BCUT2D eigenvalue weighted by atomic mass is 28.3. The number of ether oxygens (including phenoxy) is 3. The lowest BCUT2D eigenvalue weighted by atomic mass is 9.72. The Kier molecular flexibility index (Phi) is 7.39. The summed E-state index contributed by atoms with van der Waals surface area (Å²) in [7, 11) is -1.25. The quantitative estimate of drug-likeness (QED) is 0.553. The second-order valence-electron chi connectivity index (χ2n) is 12.8. The Morgan fingerprint density at radius 2 is 1.78 bits per heavy atom. The van der Waals surface area contributed by atoms with E-state index in [0.29, 0.717) is 17.6 Å². The second kappa shape index (κ2) is 9.34. The molecule has 201 valence electrons. The van der Waals surface area contributed by atoms with Gasteiger partial charge in [-0.25, -0.2) is 19.7 Å². The molecule has 2 aromatic rings. The van der Waals surface area contributed by atoms with Crippen LogP contribution in [0.15, 0.2) is 12.7 Å². The molecule has 1 radical (unpaired) electrons. The number of hydrogen-bond acceptors (Lipinski definition) is 8. The number of aromatic nitrogens is 4. The topological polar surface area (TPSA) is 121 Å². The predicted octanol–water partition coefficient (Wildman–Crippen LogP) is 4.50. The molecule has 1 aliphatic rings. The molecule has 0 aliphatic carbocycles. The van der Waals surface area contributed by atoms with E-state index in [-0.39, 0.29) is 18.0 Å². The van der Waals surface area contributed by atoms with Crippen LogP contribution in [-0.2, 0) is 19.6 Å². The minimum atomic E-state index is -1.25. The van der Waals surface area contributed by atoms with Crippen LogP contribution >= 0.6 is 0 Å². The van der Waals surface area contributed by atoms with Crippen LogP contribution in [0.25, 0.3) is 11.2 Å². The lowest BCUT2D eigenvalue weighted by molar-refractivity contribution is -0.159. The number of nitrogens with zero attached hydrogens (tertiary/aromatic N) is 4. The molecule has 3 rings (SSSR count). The molecule has 1 saturated heterocycles. The molecule has 10 nitrogen and oxygen atoms in total. The molecule has 1 amide bonds.